The summed E-state index contributed by atoms with van der Waals surface area (Å²) in [6.45, 7) is 27.9. The van der Waals surface area contributed by atoms with Crippen molar-refractivity contribution >= 4 is 23.2 Å². The van der Waals surface area contributed by atoms with E-state index < -0.39 is 0 Å². The molecule has 0 bridgehead atoms. The van der Waals surface area contributed by atoms with E-state index >= 15 is 0 Å². The van der Waals surface area contributed by atoms with E-state index in [1.165, 1.54) is 52.4 Å². The van der Waals surface area contributed by atoms with Crippen LogP contribution in [0.25, 0.3) is 84.7 Å². The van der Waals surface area contributed by atoms with Gasteiger partial charge in [-0.25, -0.2) is 24.0 Å². The van der Waals surface area contributed by atoms with E-state index in [4.69, 9.17) is 46.9 Å². The maximum absolute atomic E-state index is 12.3. The quantitative estimate of drug-likeness (QED) is 0.0513. The molecule has 0 amide bonds. The van der Waals surface area contributed by atoms with Gasteiger partial charge in [0.15, 0.2) is 0 Å². The Morgan fingerprint density at radius 2 is 0.513 bits per heavy atom. The molecule has 0 fully saturated rings. The number of pyridine rings is 5. The maximum Gasteiger partial charge on any atom is 0.368 e. The summed E-state index contributed by atoms with van der Waals surface area (Å²) in [5.41, 5.74) is 29.8. The molecule has 0 atom stereocenters. The van der Waals surface area contributed by atoms with Crippen molar-refractivity contribution in [2.24, 2.45) is 35.2 Å². The molecule has 0 aliphatic heterocycles. The zero-order valence-electron chi connectivity index (χ0n) is 86.0. The first-order chi connectivity index (χ1) is 72.2. The highest BCUT2D eigenvalue weighted by molar-refractivity contribution is 6.31. The third kappa shape index (κ3) is 24.3. The Hall–Kier alpha value is -18.1. The Labute approximate surface area is 873 Å². The van der Waals surface area contributed by atoms with Crippen LogP contribution in [-0.4, -0.2) is 124 Å². The first kappa shape index (κ1) is 105. The van der Waals surface area contributed by atoms with Crippen molar-refractivity contribution in [2.75, 3.05) is 0 Å². The Morgan fingerprint density at radius 1 is 0.227 bits per heavy atom. The molecule has 0 aliphatic carbocycles. The van der Waals surface area contributed by atoms with Gasteiger partial charge in [-0.2, -0.15) is 46.8 Å². The molecule has 20 aromatic rings. The average Bonchev–Trinajstić information content (AvgIpc) is 1.66. The van der Waals surface area contributed by atoms with E-state index in [9.17, 15) is 24.0 Å². The van der Waals surface area contributed by atoms with Crippen LogP contribution < -0.4 is 52.1 Å². The minimum atomic E-state index is -0.333. The highest BCUT2D eigenvalue weighted by atomic mass is 35.5. The minimum Gasteiger partial charge on any atom is -0.486 e. The molecular weight excluding hydrogens is 1940 g/mol. The molecule has 150 heavy (non-hydrogen) atoms. The number of aryl methyl sites for hydroxylation is 18. The second kappa shape index (κ2) is 46.9. The van der Waals surface area contributed by atoms with Crippen molar-refractivity contribution in [1.82, 2.24) is 124 Å². The monoisotopic (exact) mass is 2050 g/mol. The molecule has 0 spiro atoms. The fourth-order valence-electron chi connectivity index (χ4n) is 16.3. The number of tetrazole rings is 5. The standard InChI is InChI=1S/3C23H23N5O2.2C22H20ClN5O2/c1-15-8-6-12-24-21(15)18-10-11-19(17(3)13-18)14-30-22-16(2)7-5-9-20(22)28-23(29)27(4)25-26-28;1-15-8-11-20(24-13-15)18-9-10-19(17(3)12-18)14-30-22-16(2)6-5-7-21(22)28-23(29)27(4)25-26-28;1-15-10-11-24-20(12-15)18-8-9-19(17(3)13-18)14-30-22-16(2)6-5-7-21(22)28-23(29)27(4)25-26-28;1-14-5-4-6-20(28-22(29)27(3)25-26-28)21(14)30-13-17-8-7-16(11-15(17)2)19-12-18(23)9-10-24-19;1-14-5-4-6-20(28-22(29)27(3)25-26-28)21(14)30-13-17-8-7-16(11-15(17)2)19-10-9-18(23)12-24-19/h3*5-13H,14H2,1-4H3;2*4-12H,13H2,1-3H3. The van der Waals surface area contributed by atoms with Gasteiger partial charge in [0, 0.05) is 99.1 Å². The van der Waals surface area contributed by atoms with Crippen LogP contribution in [0.15, 0.2) is 298 Å². The Kier molecular flexibility index (Phi) is 32.8. The second-order valence-corrected chi connectivity index (χ2v) is 37.0. The molecule has 0 saturated carbocycles. The summed E-state index contributed by atoms with van der Waals surface area (Å²) >= 11 is 12.0. The smallest absolute Gasteiger partial charge is 0.368 e. The first-order valence-corrected chi connectivity index (χ1v) is 48.5. The number of rotatable bonds is 25. The minimum absolute atomic E-state index is 0.322. The zero-order chi connectivity index (χ0) is 106. The van der Waals surface area contributed by atoms with Gasteiger partial charge in [-0.05, 0) is 351 Å². The largest absolute Gasteiger partial charge is 0.486 e. The molecule has 20 rings (SSSR count). The summed E-state index contributed by atoms with van der Waals surface area (Å²) in [6.07, 6.45) is 8.83. The number of hydrogen-bond acceptors (Lipinski definition) is 25. The van der Waals surface area contributed by atoms with Crippen LogP contribution in [0.3, 0.4) is 0 Å². The van der Waals surface area contributed by atoms with Crippen molar-refractivity contribution in [3.63, 3.8) is 0 Å². The molecule has 10 aromatic carbocycles. The summed E-state index contributed by atoms with van der Waals surface area (Å²) in [5, 5.41) is 39.9. The van der Waals surface area contributed by atoms with Crippen LogP contribution in [0, 0.1) is 90.0 Å². The number of halogens is 2. The molecule has 10 heterocycles. The lowest BCUT2D eigenvalue weighted by atomic mass is 10.0. The maximum atomic E-state index is 12.3. The van der Waals surface area contributed by atoms with E-state index in [1.807, 2.05) is 195 Å². The second-order valence-electron chi connectivity index (χ2n) is 36.1. The molecule has 10 aromatic heterocycles. The SMILES string of the molecule is Cc1cc(-c2cc(Cl)ccn2)ccc1COc1c(C)cccc1-n1nnn(C)c1=O.Cc1cc(-c2ccc(Cl)cn2)ccc1COc1c(C)cccc1-n1nnn(C)c1=O.Cc1cc(-c2ncccc2C)ccc1COc1c(C)cccc1-n1nnn(C)c1=O.Cc1ccc(-c2ccc(COc3c(C)cccc3-n3nnn(C)c3=O)c(C)c2)nc1.Cc1ccnc(-c2ccc(COc3c(C)cccc3-n3nnn(C)c3=O)c(C)c2)c1. The van der Waals surface area contributed by atoms with E-state index in [2.05, 4.69) is 197 Å². The predicted molar refractivity (Wildman–Crippen MR) is 575 cm³/mol. The van der Waals surface area contributed by atoms with Crippen molar-refractivity contribution in [3.05, 3.63) is 436 Å². The van der Waals surface area contributed by atoms with Gasteiger partial charge in [0.2, 0.25) is 0 Å². The van der Waals surface area contributed by atoms with Crippen molar-refractivity contribution in [1.29, 1.82) is 0 Å². The lowest BCUT2D eigenvalue weighted by molar-refractivity contribution is 0.301. The number of benzene rings is 10. The van der Waals surface area contributed by atoms with Gasteiger partial charge in [-0.15, -0.1) is 0 Å². The van der Waals surface area contributed by atoms with Crippen LogP contribution in [0.1, 0.15) is 100 Å². The third-order valence-electron chi connectivity index (χ3n) is 25.0. The Morgan fingerprint density at radius 3 is 0.787 bits per heavy atom. The lowest BCUT2D eigenvalue weighted by Crippen LogP contribution is -2.22. The molecule has 0 aliphatic rings. The van der Waals surface area contributed by atoms with Gasteiger partial charge < -0.3 is 23.7 Å². The number of nitrogens with zero attached hydrogens (tertiary/aromatic N) is 25. The summed E-state index contributed by atoms with van der Waals surface area (Å²) in [5.74, 6) is 3.04. The average molecular weight is 2050 g/mol. The van der Waals surface area contributed by atoms with E-state index in [0.717, 1.165) is 151 Å². The Balaban J connectivity index is 0.000000133. The molecule has 37 heteroatoms. The summed E-state index contributed by atoms with van der Waals surface area (Å²) in [6, 6.07) is 78.3. The molecule has 0 saturated heterocycles. The molecular formula is C113H109Cl2N25O10. The van der Waals surface area contributed by atoms with Gasteiger partial charge in [-0.3, -0.25) is 24.9 Å². The van der Waals surface area contributed by atoms with Gasteiger partial charge in [0.1, 0.15) is 90.2 Å². The molecule has 760 valence electrons. The van der Waals surface area contributed by atoms with Crippen LogP contribution in [0.2, 0.25) is 10.0 Å². The number of para-hydroxylation sites is 5. The summed E-state index contributed by atoms with van der Waals surface area (Å²) < 4.78 is 42.9. The number of aromatic nitrogens is 25. The third-order valence-corrected chi connectivity index (χ3v) is 25.5. The van der Waals surface area contributed by atoms with Crippen LogP contribution in [0.5, 0.6) is 28.7 Å². The zero-order valence-corrected chi connectivity index (χ0v) is 87.5. The van der Waals surface area contributed by atoms with Gasteiger partial charge >= 0.3 is 28.4 Å². The van der Waals surface area contributed by atoms with E-state index in [-0.39, 0.29) is 28.4 Å². The molecule has 0 N–H and O–H groups in total. The van der Waals surface area contributed by atoms with E-state index in [0.29, 0.717) is 100 Å². The van der Waals surface area contributed by atoms with Crippen molar-refractivity contribution in [3.8, 4) is 113 Å². The topological polar surface area (TPSA) is 374 Å². The predicted octanol–water partition coefficient (Wildman–Crippen LogP) is 18.4. The molecule has 35 nitrogen and oxygen atoms in total. The Bertz CT molecular complexity index is 8250. The van der Waals surface area contributed by atoms with Crippen LogP contribution in [-0.2, 0) is 68.3 Å². The fourth-order valence-corrected chi connectivity index (χ4v) is 16.6. The van der Waals surface area contributed by atoms with E-state index in [1.54, 1.807) is 84.0 Å². The fraction of sp³-hybridized carbons (Fsp3) is 0.204. The van der Waals surface area contributed by atoms with Crippen molar-refractivity contribution < 1.29 is 23.7 Å². The number of hydrogen-bond donors (Lipinski definition) is 0. The highest BCUT2D eigenvalue weighted by Gasteiger charge is 2.24. The summed E-state index contributed by atoms with van der Waals surface area (Å²) in [4.78, 5) is 83.7. The van der Waals surface area contributed by atoms with Gasteiger partial charge in [-0.1, -0.05) is 157 Å². The van der Waals surface area contributed by atoms with Gasteiger partial charge in [0.05, 0.1) is 33.5 Å². The van der Waals surface area contributed by atoms with Crippen LogP contribution >= 0.6 is 23.2 Å². The summed E-state index contributed by atoms with van der Waals surface area (Å²) in [7, 11) is 7.81. The van der Waals surface area contributed by atoms with Gasteiger partial charge in [0.25, 0.3) is 0 Å². The number of ether oxygens (including phenoxy) is 5. The normalized spacial score (nSPS) is 10.9. The first-order valence-electron chi connectivity index (χ1n) is 47.8. The lowest BCUT2D eigenvalue weighted by Gasteiger charge is -2.15. The molecule has 0 radical (unpaired) electrons. The molecule has 0 unspecified atom stereocenters. The van der Waals surface area contributed by atoms with Crippen LogP contribution in [0.4, 0.5) is 0 Å². The highest BCUT2D eigenvalue weighted by Crippen LogP contribution is 2.37. The van der Waals surface area contributed by atoms with Crippen molar-refractivity contribution in [2.45, 2.75) is 123 Å².